The minimum absolute atomic E-state index is 0.378. The fourth-order valence-corrected chi connectivity index (χ4v) is 1.57. The normalized spacial score (nSPS) is 11.2. The third-order valence-corrected chi connectivity index (χ3v) is 2.18. The summed E-state index contributed by atoms with van der Waals surface area (Å²) in [7, 11) is 0. The van der Waals surface area contributed by atoms with Gasteiger partial charge in [0, 0.05) is 11.5 Å². The number of rotatable bonds is 0. The van der Waals surface area contributed by atoms with Crippen molar-refractivity contribution in [3.8, 4) is 0 Å². The number of hydrogen-bond acceptors (Lipinski definition) is 2. The molecule has 1 aromatic carbocycles. The lowest BCUT2D eigenvalue weighted by molar-refractivity contribution is 0.612. The van der Waals surface area contributed by atoms with Crippen LogP contribution in [0.4, 0.5) is 4.39 Å². The van der Waals surface area contributed by atoms with Gasteiger partial charge in [0.2, 0.25) is 0 Å². The number of furan rings is 1. The maximum absolute atomic E-state index is 12.8. The number of benzene rings is 1. The van der Waals surface area contributed by atoms with E-state index in [1.54, 1.807) is 0 Å². The molecular formula is C11H6FNO. The summed E-state index contributed by atoms with van der Waals surface area (Å²) < 4.78 is 18.3. The highest BCUT2D eigenvalue weighted by atomic mass is 19.1. The van der Waals surface area contributed by atoms with Crippen molar-refractivity contribution < 1.29 is 8.81 Å². The van der Waals surface area contributed by atoms with E-state index in [4.69, 9.17) is 4.42 Å². The Morgan fingerprint density at radius 1 is 1.14 bits per heavy atom. The molecule has 3 rings (SSSR count). The molecule has 14 heavy (non-hydrogen) atoms. The summed E-state index contributed by atoms with van der Waals surface area (Å²) in [5.41, 5.74) is 1.94. The van der Waals surface area contributed by atoms with Gasteiger partial charge in [0.05, 0.1) is 6.20 Å². The summed E-state index contributed by atoms with van der Waals surface area (Å²) in [5, 5.41) is 0.919. The van der Waals surface area contributed by atoms with E-state index in [0.717, 1.165) is 11.0 Å². The van der Waals surface area contributed by atoms with Crippen molar-refractivity contribution >= 4 is 22.1 Å². The minimum Gasteiger partial charge on any atom is -0.454 e. The van der Waals surface area contributed by atoms with Crippen molar-refractivity contribution in [1.82, 2.24) is 4.98 Å². The summed E-state index contributed by atoms with van der Waals surface area (Å²) in [5.74, 6) is -0.378. The molecule has 2 nitrogen and oxygen atoms in total. The van der Waals surface area contributed by atoms with E-state index in [0.29, 0.717) is 11.1 Å². The highest BCUT2D eigenvalue weighted by Gasteiger charge is 2.07. The second-order valence-corrected chi connectivity index (χ2v) is 3.10. The number of aromatic nitrogens is 1. The molecule has 0 saturated carbocycles. The Morgan fingerprint density at radius 2 is 2.00 bits per heavy atom. The van der Waals surface area contributed by atoms with Crippen molar-refractivity contribution in [3.05, 3.63) is 42.3 Å². The molecule has 0 fully saturated rings. The van der Waals surface area contributed by atoms with Crippen LogP contribution in [0, 0.1) is 5.82 Å². The van der Waals surface area contributed by atoms with Crippen LogP contribution in [0.1, 0.15) is 0 Å². The van der Waals surface area contributed by atoms with Crippen LogP contribution < -0.4 is 0 Å². The lowest BCUT2D eigenvalue weighted by Crippen LogP contribution is -1.76. The molecule has 0 aliphatic rings. The Kier molecular flexibility index (Phi) is 1.36. The van der Waals surface area contributed by atoms with Crippen molar-refractivity contribution in [2.24, 2.45) is 0 Å². The fraction of sp³-hybridized carbons (Fsp3) is 0. The largest absolute Gasteiger partial charge is 0.454 e. The molecule has 0 bridgehead atoms. The van der Waals surface area contributed by atoms with Gasteiger partial charge in [0.1, 0.15) is 16.9 Å². The first-order chi connectivity index (χ1) is 6.84. The van der Waals surface area contributed by atoms with Gasteiger partial charge in [-0.05, 0) is 12.1 Å². The number of fused-ring (bicyclic) bond motifs is 3. The first kappa shape index (κ1) is 7.50. The summed E-state index contributed by atoms with van der Waals surface area (Å²) in [6.45, 7) is 0. The molecule has 0 saturated heterocycles. The molecule has 0 unspecified atom stereocenters. The van der Waals surface area contributed by atoms with Crippen LogP contribution in [-0.2, 0) is 0 Å². The SMILES string of the molecule is Fc1cnc2c(c1)oc1ccccc12. The second kappa shape index (κ2) is 2.54. The molecule has 3 heteroatoms. The predicted molar refractivity (Wildman–Crippen MR) is 51.5 cm³/mol. The molecule has 2 heterocycles. The van der Waals surface area contributed by atoms with Crippen LogP contribution in [0.15, 0.2) is 40.9 Å². The van der Waals surface area contributed by atoms with Crippen LogP contribution in [0.25, 0.3) is 22.1 Å². The summed E-state index contributed by atoms with van der Waals surface area (Å²) in [4.78, 5) is 4.00. The van der Waals surface area contributed by atoms with Crippen molar-refractivity contribution in [1.29, 1.82) is 0 Å². The second-order valence-electron chi connectivity index (χ2n) is 3.10. The van der Waals surface area contributed by atoms with Gasteiger partial charge >= 0.3 is 0 Å². The van der Waals surface area contributed by atoms with E-state index in [1.165, 1.54) is 12.3 Å². The molecule has 2 aromatic heterocycles. The van der Waals surface area contributed by atoms with E-state index >= 15 is 0 Å². The molecule has 0 N–H and O–H groups in total. The van der Waals surface area contributed by atoms with E-state index in [9.17, 15) is 4.39 Å². The Balaban J connectivity index is 2.57. The van der Waals surface area contributed by atoms with E-state index in [2.05, 4.69) is 4.98 Å². The number of nitrogens with zero attached hydrogens (tertiary/aromatic N) is 1. The van der Waals surface area contributed by atoms with Crippen LogP contribution in [0.3, 0.4) is 0 Å². The maximum Gasteiger partial charge on any atom is 0.156 e. The molecular weight excluding hydrogens is 181 g/mol. The van der Waals surface area contributed by atoms with Gasteiger partial charge < -0.3 is 4.42 Å². The molecule has 3 aromatic rings. The van der Waals surface area contributed by atoms with Crippen molar-refractivity contribution in [2.45, 2.75) is 0 Å². The minimum atomic E-state index is -0.378. The van der Waals surface area contributed by atoms with Gasteiger partial charge in [0.15, 0.2) is 5.58 Å². The Labute approximate surface area is 79.0 Å². The lowest BCUT2D eigenvalue weighted by Gasteiger charge is -1.87. The fourth-order valence-electron chi connectivity index (χ4n) is 1.57. The molecule has 0 aliphatic heterocycles. The van der Waals surface area contributed by atoms with Gasteiger partial charge in [-0.3, -0.25) is 0 Å². The smallest absolute Gasteiger partial charge is 0.156 e. The molecule has 0 spiro atoms. The van der Waals surface area contributed by atoms with E-state index in [1.807, 2.05) is 24.3 Å². The van der Waals surface area contributed by atoms with Crippen molar-refractivity contribution in [3.63, 3.8) is 0 Å². The third-order valence-electron chi connectivity index (χ3n) is 2.18. The van der Waals surface area contributed by atoms with Gasteiger partial charge in [0.25, 0.3) is 0 Å². The van der Waals surface area contributed by atoms with Crippen LogP contribution >= 0.6 is 0 Å². The molecule has 0 atom stereocenters. The van der Waals surface area contributed by atoms with Crippen LogP contribution in [0.2, 0.25) is 0 Å². The zero-order valence-corrected chi connectivity index (χ0v) is 7.20. The third kappa shape index (κ3) is 0.923. The number of hydrogen-bond donors (Lipinski definition) is 0. The first-order valence-corrected chi connectivity index (χ1v) is 4.27. The van der Waals surface area contributed by atoms with Gasteiger partial charge in [-0.25, -0.2) is 9.37 Å². The maximum atomic E-state index is 12.8. The summed E-state index contributed by atoms with van der Waals surface area (Å²) in [6, 6.07) is 8.88. The molecule has 68 valence electrons. The van der Waals surface area contributed by atoms with Gasteiger partial charge in [-0.1, -0.05) is 12.1 Å². The lowest BCUT2D eigenvalue weighted by atomic mass is 10.2. The zero-order chi connectivity index (χ0) is 9.54. The number of pyridine rings is 1. The average Bonchev–Trinajstić information content (AvgIpc) is 2.54. The van der Waals surface area contributed by atoms with Crippen LogP contribution in [-0.4, -0.2) is 4.98 Å². The van der Waals surface area contributed by atoms with Crippen LogP contribution in [0.5, 0.6) is 0 Å². The monoisotopic (exact) mass is 187 g/mol. The Morgan fingerprint density at radius 3 is 2.93 bits per heavy atom. The Hall–Kier alpha value is -1.90. The molecule has 0 aliphatic carbocycles. The molecule has 0 radical (unpaired) electrons. The quantitative estimate of drug-likeness (QED) is 0.540. The summed E-state index contributed by atoms with van der Waals surface area (Å²) in [6.07, 6.45) is 1.20. The predicted octanol–water partition coefficient (Wildman–Crippen LogP) is 3.12. The van der Waals surface area contributed by atoms with Gasteiger partial charge in [-0.15, -0.1) is 0 Å². The number of para-hydroxylation sites is 1. The number of halogens is 1. The zero-order valence-electron chi connectivity index (χ0n) is 7.20. The van der Waals surface area contributed by atoms with E-state index in [-0.39, 0.29) is 5.82 Å². The first-order valence-electron chi connectivity index (χ1n) is 4.27. The standard InChI is InChI=1S/C11H6FNO/c12-7-5-10-11(13-6-7)8-3-1-2-4-9(8)14-10/h1-6H. The molecule has 0 amide bonds. The topological polar surface area (TPSA) is 26.0 Å². The van der Waals surface area contributed by atoms with Crippen molar-refractivity contribution in [2.75, 3.05) is 0 Å². The Bertz CT molecular complexity index is 615. The highest BCUT2D eigenvalue weighted by molar-refractivity contribution is 6.01. The van der Waals surface area contributed by atoms with E-state index < -0.39 is 0 Å². The highest BCUT2D eigenvalue weighted by Crippen LogP contribution is 2.26. The average molecular weight is 187 g/mol. The van der Waals surface area contributed by atoms with Gasteiger partial charge in [-0.2, -0.15) is 0 Å². The summed E-state index contributed by atoms with van der Waals surface area (Å²) >= 11 is 0.